The van der Waals surface area contributed by atoms with E-state index in [4.69, 9.17) is 4.74 Å². The van der Waals surface area contributed by atoms with Crippen molar-refractivity contribution in [1.29, 1.82) is 0 Å². The molecule has 0 amide bonds. The van der Waals surface area contributed by atoms with Crippen LogP contribution in [0.4, 0.5) is 0 Å². The molecule has 1 saturated carbocycles. The third-order valence-corrected chi connectivity index (χ3v) is 4.30. The van der Waals surface area contributed by atoms with Crippen LogP contribution in [0.15, 0.2) is 18.2 Å². The van der Waals surface area contributed by atoms with Crippen molar-refractivity contribution in [2.24, 2.45) is 5.92 Å². The molecule has 0 unspecified atom stereocenters. The maximum Gasteiger partial charge on any atom is 0.136 e. The average molecular weight is 232 g/mol. The summed E-state index contributed by atoms with van der Waals surface area (Å²) in [5, 5.41) is 0. The van der Waals surface area contributed by atoms with Crippen LogP contribution >= 0.6 is 0 Å². The van der Waals surface area contributed by atoms with E-state index in [2.05, 4.69) is 19.9 Å². The van der Waals surface area contributed by atoms with Gasteiger partial charge in [-0.05, 0) is 19.4 Å². The molecule has 1 aliphatic rings. The van der Waals surface area contributed by atoms with Gasteiger partial charge in [-0.25, -0.2) is 0 Å². The number of hydrogen-bond acceptors (Lipinski definition) is 2. The molecule has 0 bridgehead atoms. The quantitative estimate of drug-likeness (QED) is 0.782. The first kappa shape index (κ1) is 12.2. The van der Waals surface area contributed by atoms with Crippen LogP contribution in [-0.4, -0.2) is 12.9 Å². The molecular formula is C15H20O2. The van der Waals surface area contributed by atoms with Gasteiger partial charge in [0.15, 0.2) is 0 Å². The minimum absolute atomic E-state index is 0.0750. The van der Waals surface area contributed by atoms with E-state index >= 15 is 0 Å². The molecule has 2 nitrogen and oxygen atoms in total. The number of aryl methyl sites for hydroxylation is 1. The second-order valence-corrected chi connectivity index (χ2v) is 5.31. The normalized spacial score (nSPS) is 28.5. The fraction of sp³-hybridized carbons (Fsp3) is 0.533. The summed E-state index contributed by atoms with van der Waals surface area (Å²) in [4.78, 5) is 11.8. The van der Waals surface area contributed by atoms with Crippen molar-refractivity contribution in [3.05, 3.63) is 29.3 Å². The molecule has 17 heavy (non-hydrogen) atoms. The molecule has 0 aliphatic heterocycles. The van der Waals surface area contributed by atoms with Crippen LogP contribution in [0.25, 0.3) is 0 Å². The molecule has 0 N–H and O–H groups in total. The van der Waals surface area contributed by atoms with E-state index in [-0.39, 0.29) is 11.3 Å². The topological polar surface area (TPSA) is 26.3 Å². The first-order valence-corrected chi connectivity index (χ1v) is 6.17. The Balaban J connectivity index is 2.52. The zero-order chi connectivity index (χ0) is 12.6. The lowest BCUT2D eigenvalue weighted by Gasteiger charge is -2.30. The highest BCUT2D eigenvalue weighted by Crippen LogP contribution is 2.46. The summed E-state index contributed by atoms with van der Waals surface area (Å²) in [7, 11) is 1.69. The monoisotopic (exact) mass is 232 g/mol. The minimum Gasteiger partial charge on any atom is -0.496 e. The molecule has 0 radical (unpaired) electrons. The average Bonchev–Trinajstić information content (AvgIpc) is 2.58. The minimum atomic E-state index is -0.0750. The van der Waals surface area contributed by atoms with E-state index < -0.39 is 0 Å². The summed E-state index contributed by atoms with van der Waals surface area (Å²) in [6.07, 6.45) is 1.61. The standard InChI is InChI=1S/C15H20O2/c1-10-5-6-14(17-4)12(9-10)15(3)8-7-13(16)11(15)2/h5-6,9,11H,7-8H2,1-4H3/t11-,15-/m1/s1. The van der Waals surface area contributed by atoms with Crippen LogP contribution in [0.1, 0.15) is 37.8 Å². The first-order chi connectivity index (χ1) is 7.99. The van der Waals surface area contributed by atoms with Crippen molar-refractivity contribution in [2.45, 2.75) is 39.0 Å². The summed E-state index contributed by atoms with van der Waals surface area (Å²) < 4.78 is 5.45. The van der Waals surface area contributed by atoms with E-state index in [0.717, 1.165) is 12.2 Å². The number of hydrogen-bond donors (Lipinski definition) is 0. The number of ether oxygens (including phenoxy) is 1. The number of carbonyl (C=O) groups is 1. The van der Waals surface area contributed by atoms with Gasteiger partial charge in [-0.3, -0.25) is 4.79 Å². The molecular weight excluding hydrogens is 212 g/mol. The van der Waals surface area contributed by atoms with Crippen LogP contribution in [-0.2, 0) is 10.2 Å². The van der Waals surface area contributed by atoms with Crippen LogP contribution in [0.2, 0.25) is 0 Å². The van der Waals surface area contributed by atoms with Crippen LogP contribution in [0, 0.1) is 12.8 Å². The lowest BCUT2D eigenvalue weighted by molar-refractivity contribution is -0.120. The van der Waals surface area contributed by atoms with Crippen molar-refractivity contribution in [1.82, 2.24) is 0 Å². The van der Waals surface area contributed by atoms with Gasteiger partial charge in [-0.1, -0.05) is 31.5 Å². The highest BCUT2D eigenvalue weighted by molar-refractivity contribution is 5.85. The Labute approximate surface area is 103 Å². The Bertz CT molecular complexity index is 450. The molecule has 0 heterocycles. The molecule has 1 aliphatic carbocycles. The molecule has 0 spiro atoms. The molecule has 1 aromatic carbocycles. The smallest absolute Gasteiger partial charge is 0.136 e. The van der Waals surface area contributed by atoms with Gasteiger partial charge in [0.05, 0.1) is 7.11 Å². The first-order valence-electron chi connectivity index (χ1n) is 6.17. The molecule has 1 fully saturated rings. The zero-order valence-electron chi connectivity index (χ0n) is 11.0. The molecule has 92 valence electrons. The summed E-state index contributed by atoms with van der Waals surface area (Å²) in [5.74, 6) is 1.36. The van der Waals surface area contributed by atoms with E-state index in [0.29, 0.717) is 12.2 Å². The van der Waals surface area contributed by atoms with Crippen molar-refractivity contribution in [2.75, 3.05) is 7.11 Å². The van der Waals surface area contributed by atoms with E-state index in [1.54, 1.807) is 7.11 Å². The number of carbonyl (C=O) groups excluding carboxylic acids is 1. The molecule has 2 atom stereocenters. The maximum absolute atomic E-state index is 11.8. The van der Waals surface area contributed by atoms with Crippen LogP contribution in [0.5, 0.6) is 5.75 Å². The predicted octanol–water partition coefficient (Wildman–Crippen LogP) is 3.26. The predicted molar refractivity (Wildman–Crippen MR) is 68.5 cm³/mol. The van der Waals surface area contributed by atoms with Crippen molar-refractivity contribution >= 4 is 5.78 Å². The highest BCUT2D eigenvalue weighted by Gasteiger charge is 2.44. The molecule has 2 heteroatoms. The molecule has 0 aromatic heterocycles. The third-order valence-electron chi connectivity index (χ3n) is 4.30. The number of ketones is 1. The summed E-state index contributed by atoms with van der Waals surface area (Å²) in [6.45, 7) is 6.30. The second-order valence-electron chi connectivity index (χ2n) is 5.31. The Morgan fingerprint density at radius 2 is 2.12 bits per heavy atom. The van der Waals surface area contributed by atoms with Crippen LogP contribution < -0.4 is 4.74 Å². The van der Waals surface area contributed by atoms with Crippen molar-refractivity contribution in [3.8, 4) is 5.75 Å². The molecule has 1 aromatic rings. The SMILES string of the molecule is COc1ccc(C)cc1[C@]1(C)CCC(=O)[C@H]1C. The van der Waals surface area contributed by atoms with E-state index in [9.17, 15) is 4.79 Å². The van der Waals surface area contributed by atoms with Gasteiger partial charge in [-0.15, -0.1) is 0 Å². The fourth-order valence-corrected chi connectivity index (χ4v) is 2.81. The molecule has 2 rings (SSSR count). The van der Waals surface area contributed by atoms with E-state index in [1.165, 1.54) is 11.1 Å². The Morgan fingerprint density at radius 3 is 2.65 bits per heavy atom. The molecule has 0 saturated heterocycles. The van der Waals surface area contributed by atoms with E-state index in [1.807, 2.05) is 19.1 Å². The zero-order valence-corrected chi connectivity index (χ0v) is 11.0. The van der Waals surface area contributed by atoms with Gasteiger partial charge in [0.1, 0.15) is 11.5 Å². The maximum atomic E-state index is 11.8. The van der Waals surface area contributed by atoms with Crippen molar-refractivity contribution in [3.63, 3.8) is 0 Å². The third kappa shape index (κ3) is 1.86. The number of Topliss-reactive ketones (excluding diaryl/α,β-unsaturated/α-hetero) is 1. The number of benzene rings is 1. The van der Waals surface area contributed by atoms with Gasteiger partial charge in [0, 0.05) is 23.3 Å². The number of methoxy groups -OCH3 is 1. The summed E-state index contributed by atoms with van der Waals surface area (Å²) in [5.41, 5.74) is 2.32. The lowest BCUT2D eigenvalue weighted by Crippen LogP contribution is -2.28. The fourth-order valence-electron chi connectivity index (χ4n) is 2.81. The van der Waals surface area contributed by atoms with Gasteiger partial charge >= 0.3 is 0 Å². The lowest BCUT2D eigenvalue weighted by atomic mass is 9.74. The van der Waals surface area contributed by atoms with Gasteiger partial charge in [0.2, 0.25) is 0 Å². The Morgan fingerprint density at radius 1 is 1.41 bits per heavy atom. The Kier molecular flexibility index (Phi) is 2.98. The second kappa shape index (κ2) is 4.17. The summed E-state index contributed by atoms with van der Waals surface area (Å²) in [6, 6.07) is 6.21. The van der Waals surface area contributed by atoms with Gasteiger partial charge in [-0.2, -0.15) is 0 Å². The van der Waals surface area contributed by atoms with Crippen LogP contribution in [0.3, 0.4) is 0 Å². The van der Waals surface area contributed by atoms with Crippen molar-refractivity contribution < 1.29 is 9.53 Å². The summed E-state index contributed by atoms with van der Waals surface area (Å²) >= 11 is 0. The van der Waals surface area contributed by atoms with Gasteiger partial charge < -0.3 is 4.74 Å². The number of rotatable bonds is 2. The Hall–Kier alpha value is -1.31. The van der Waals surface area contributed by atoms with Gasteiger partial charge in [0.25, 0.3) is 0 Å². The highest BCUT2D eigenvalue weighted by atomic mass is 16.5. The largest absolute Gasteiger partial charge is 0.496 e.